The third-order valence-electron chi connectivity index (χ3n) is 4.02. The molecule has 174 valence electrons. The first-order valence-electron chi connectivity index (χ1n) is 9.19. The maximum atomic E-state index is 12.8. The summed E-state index contributed by atoms with van der Waals surface area (Å²) in [6.07, 6.45) is -8.78. The lowest BCUT2D eigenvalue weighted by molar-refractivity contribution is -0.153. The van der Waals surface area contributed by atoms with Crippen molar-refractivity contribution in [3.63, 3.8) is 0 Å². The van der Waals surface area contributed by atoms with Crippen LogP contribution in [-0.4, -0.2) is 29.4 Å². The van der Waals surface area contributed by atoms with Gasteiger partial charge in [0.1, 0.15) is 5.75 Å². The molecule has 1 aromatic heterocycles. The maximum Gasteiger partial charge on any atom is 0.422 e. The van der Waals surface area contributed by atoms with E-state index < -0.39 is 54.6 Å². The van der Waals surface area contributed by atoms with Gasteiger partial charge in [-0.1, -0.05) is 20.8 Å². The molecule has 0 aliphatic heterocycles. The number of aryl methyl sites for hydroxylation is 1. The summed E-state index contributed by atoms with van der Waals surface area (Å²) in [5.41, 5.74) is -0.862. The van der Waals surface area contributed by atoms with Crippen molar-refractivity contribution in [2.45, 2.75) is 51.5 Å². The molecule has 0 aliphatic rings. The van der Waals surface area contributed by atoms with E-state index in [4.69, 9.17) is 5.26 Å². The second-order valence-corrected chi connectivity index (χ2v) is 8.84. The summed E-state index contributed by atoms with van der Waals surface area (Å²) >= 11 is 0.996. The molecule has 0 atom stereocenters. The first-order chi connectivity index (χ1) is 14.6. The topological polar surface area (TPSA) is 67.4 Å². The molecule has 0 N–H and O–H groups in total. The van der Waals surface area contributed by atoms with Gasteiger partial charge < -0.3 is 9.30 Å². The molecule has 0 unspecified atom stereocenters. The number of hydrogen-bond acceptors (Lipinski definition) is 4. The van der Waals surface area contributed by atoms with Crippen LogP contribution in [0.4, 0.5) is 26.3 Å². The molecule has 0 fully saturated rings. The Balaban J connectivity index is 2.52. The molecule has 1 aromatic carbocycles. The first kappa shape index (κ1) is 25.5. The third kappa shape index (κ3) is 7.40. The van der Waals surface area contributed by atoms with Gasteiger partial charge in [-0.05, 0) is 23.6 Å². The smallest absolute Gasteiger partial charge is 0.422 e. The predicted molar refractivity (Wildman–Crippen MR) is 104 cm³/mol. The fraction of sp³-hybridized carbons (Fsp3) is 0.450. The molecule has 0 radical (unpaired) electrons. The number of halogens is 6. The van der Waals surface area contributed by atoms with Crippen molar-refractivity contribution in [1.82, 2.24) is 4.57 Å². The van der Waals surface area contributed by atoms with Gasteiger partial charge >= 0.3 is 12.4 Å². The van der Waals surface area contributed by atoms with Crippen LogP contribution in [0.15, 0.2) is 29.4 Å². The van der Waals surface area contributed by atoms with Gasteiger partial charge in [0.25, 0.3) is 5.91 Å². The van der Waals surface area contributed by atoms with Gasteiger partial charge in [-0.3, -0.25) is 4.79 Å². The van der Waals surface area contributed by atoms with E-state index >= 15 is 0 Å². The molecule has 0 spiro atoms. The normalized spacial score (nSPS) is 13.2. The molecule has 2 aromatic rings. The average Bonchev–Trinajstić information content (AvgIpc) is 3.06. The summed E-state index contributed by atoms with van der Waals surface area (Å²) in [4.78, 5) is 17.2. The third-order valence-corrected chi connectivity index (χ3v) is 5.47. The van der Waals surface area contributed by atoms with Crippen molar-refractivity contribution in [2.24, 2.45) is 4.99 Å². The summed E-state index contributed by atoms with van der Waals surface area (Å²) < 4.78 is 81.6. The molecular formula is C20H19F6N3O2S. The Morgan fingerprint density at radius 2 is 1.81 bits per heavy atom. The SMILES string of the molecule is CC(C)(C)c1cn(CCC(F)(F)F)c(=NC(=O)c2cc(C#N)ccc2OCC(F)(F)F)s1. The van der Waals surface area contributed by atoms with E-state index in [1.165, 1.54) is 16.8 Å². The number of aromatic nitrogens is 1. The summed E-state index contributed by atoms with van der Waals surface area (Å²) in [6, 6.07) is 5.00. The van der Waals surface area contributed by atoms with Gasteiger partial charge in [0.2, 0.25) is 0 Å². The summed E-state index contributed by atoms with van der Waals surface area (Å²) in [7, 11) is 0. The quantitative estimate of drug-likeness (QED) is 0.543. The number of ether oxygens (including phenoxy) is 1. The minimum absolute atomic E-state index is 0.0191. The van der Waals surface area contributed by atoms with Gasteiger partial charge in [0, 0.05) is 17.6 Å². The summed E-state index contributed by atoms with van der Waals surface area (Å²) in [5.74, 6) is -1.48. The second kappa shape index (κ2) is 9.36. The van der Waals surface area contributed by atoms with Gasteiger partial charge in [-0.25, -0.2) is 0 Å². The number of thiazole rings is 1. The Kier molecular flexibility index (Phi) is 7.44. The number of carbonyl (C=O) groups excluding carboxylic acids is 1. The van der Waals surface area contributed by atoms with Gasteiger partial charge in [-0.15, -0.1) is 11.3 Å². The average molecular weight is 479 g/mol. The highest BCUT2D eigenvalue weighted by molar-refractivity contribution is 7.09. The zero-order valence-electron chi connectivity index (χ0n) is 17.3. The minimum atomic E-state index is -4.67. The number of alkyl halides is 6. The largest absolute Gasteiger partial charge is 0.483 e. The standard InChI is InChI=1S/C20H19F6N3O2S/c1-18(2,3)15-10-29(7-6-19(21,22)23)17(32-15)28-16(30)13-8-12(9-27)4-5-14(13)31-11-20(24,25)26/h4-5,8,10H,6-7,11H2,1-3H3. The first-order valence-corrected chi connectivity index (χ1v) is 10.0. The molecule has 0 aliphatic carbocycles. The van der Waals surface area contributed by atoms with E-state index in [2.05, 4.69) is 9.73 Å². The lowest BCUT2D eigenvalue weighted by Crippen LogP contribution is -2.21. The van der Waals surface area contributed by atoms with Crippen LogP contribution in [0, 0.1) is 11.3 Å². The zero-order valence-corrected chi connectivity index (χ0v) is 18.1. The number of benzene rings is 1. The molecule has 0 saturated carbocycles. The zero-order chi connectivity index (χ0) is 24.3. The summed E-state index contributed by atoms with van der Waals surface area (Å²) in [5, 5.41) is 9.05. The Labute approximate surface area is 183 Å². The highest BCUT2D eigenvalue weighted by atomic mass is 32.1. The molecule has 1 heterocycles. The number of nitriles is 1. The van der Waals surface area contributed by atoms with Crippen LogP contribution in [0.5, 0.6) is 5.75 Å². The van der Waals surface area contributed by atoms with Crippen LogP contribution in [0.2, 0.25) is 0 Å². The van der Waals surface area contributed by atoms with Gasteiger partial charge in [0.05, 0.1) is 23.6 Å². The van der Waals surface area contributed by atoms with E-state index in [-0.39, 0.29) is 10.4 Å². The van der Waals surface area contributed by atoms with Crippen molar-refractivity contribution >= 4 is 17.2 Å². The van der Waals surface area contributed by atoms with Crippen LogP contribution in [0.25, 0.3) is 0 Å². The van der Waals surface area contributed by atoms with Crippen LogP contribution >= 0.6 is 11.3 Å². The van der Waals surface area contributed by atoms with Gasteiger partial charge in [0.15, 0.2) is 11.4 Å². The van der Waals surface area contributed by atoms with Crippen molar-refractivity contribution < 1.29 is 35.9 Å². The second-order valence-electron chi connectivity index (χ2n) is 7.83. The maximum absolute atomic E-state index is 12.8. The highest BCUT2D eigenvalue weighted by Gasteiger charge is 2.30. The number of amides is 1. The lowest BCUT2D eigenvalue weighted by Gasteiger charge is -2.14. The minimum Gasteiger partial charge on any atom is -0.483 e. The molecule has 1 amide bonds. The van der Waals surface area contributed by atoms with Crippen LogP contribution in [-0.2, 0) is 12.0 Å². The van der Waals surface area contributed by atoms with Crippen molar-refractivity contribution in [3.8, 4) is 11.8 Å². The highest BCUT2D eigenvalue weighted by Crippen LogP contribution is 2.27. The van der Waals surface area contributed by atoms with Crippen molar-refractivity contribution in [2.75, 3.05) is 6.61 Å². The number of rotatable bonds is 5. The van der Waals surface area contributed by atoms with E-state index in [0.29, 0.717) is 4.88 Å². The molecule has 32 heavy (non-hydrogen) atoms. The van der Waals surface area contributed by atoms with Crippen LogP contribution in [0.3, 0.4) is 0 Å². The monoisotopic (exact) mass is 479 g/mol. The fourth-order valence-electron chi connectivity index (χ4n) is 2.42. The van der Waals surface area contributed by atoms with E-state index in [9.17, 15) is 31.1 Å². The van der Waals surface area contributed by atoms with Crippen LogP contribution in [0.1, 0.15) is 48.0 Å². The van der Waals surface area contributed by atoms with E-state index in [1.54, 1.807) is 6.07 Å². The molecular weight excluding hydrogens is 460 g/mol. The molecule has 0 saturated heterocycles. The Bertz CT molecular complexity index is 1080. The van der Waals surface area contributed by atoms with Crippen molar-refractivity contribution in [1.29, 1.82) is 5.26 Å². The number of nitrogens with zero attached hydrogens (tertiary/aromatic N) is 3. The predicted octanol–water partition coefficient (Wildman–Crippen LogP) is 5.35. The van der Waals surface area contributed by atoms with Crippen LogP contribution < -0.4 is 9.54 Å². The van der Waals surface area contributed by atoms with Gasteiger partial charge in [-0.2, -0.15) is 36.6 Å². The lowest BCUT2D eigenvalue weighted by atomic mass is 9.95. The molecule has 5 nitrogen and oxygen atoms in total. The number of carbonyl (C=O) groups is 1. The number of hydrogen-bond donors (Lipinski definition) is 0. The molecule has 2 rings (SSSR count). The Morgan fingerprint density at radius 1 is 1.16 bits per heavy atom. The molecule has 12 heteroatoms. The van der Waals surface area contributed by atoms with E-state index in [0.717, 1.165) is 23.5 Å². The fourth-order valence-corrected chi connectivity index (χ4v) is 3.49. The summed E-state index contributed by atoms with van der Waals surface area (Å²) in [6.45, 7) is 3.34. The van der Waals surface area contributed by atoms with Crippen molar-refractivity contribution in [3.05, 3.63) is 45.2 Å². The Morgan fingerprint density at radius 3 is 2.34 bits per heavy atom. The Hall–Kier alpha value is -2.81. The van der Waals surface area contributed by atoms with E-state index in [1.807, 2.05) is 20.8 Å². The molecule has 0 bridgehead atoms.